The van der Waals surface area contributed by atoms with Gasteiger partial charge in [0.25, 0.3) is 0 Å². The van der Waals surface area contributed by atoms with Crippen molar-refractivity contribution in [2.24, 2.45) is 0 Å². The SMILES string of the molecule is Cc1ccc(C(=O)O)cc1NCc1cccc(Cl)c1O. The number of phenolic OH excluding ortho intramolecular Hbond substituents is 1. The van der Waals surface area contributed by atoms with Crippen molar-refractivity contribution in [3.05, 3.63) is 58.1 Å². The molecule has 0 aromatic heterocycles. The number of aryl methyl sites for hydroxylation is 1. The van der Waals surface area contributed by atoms with Crippen LogP contribution in [0, 0.1) is 6.92 Å². The third kappa shape index (κ3) is 3.03. The molecule has 0 fully saturated rings. The largest absolute Gasteiger partial charge is 0.506 e. The summed E-state index contributed by atoms with van der Waals surface area (Å²) in [5.74, 6) is -0.938. The number of carbonyl (C=O) groups is 1. The standard InChI is InChI=1S/C15H14ClNO3/c1-9-5-6-10(15(19)20)7-13(9)17-8-11-3-2-4-12(16)14(11)18/h2-7,17-18H,8H2,1H3,(H,19,20). The molecule has 2 aromatic carbocycles. The Morgan fingerprint density at radius 3 is 2.75 bits per heavy atom. The van der Waals surface area contributed by atoms with E-state index in [1.54, 1.807) is 36.4 Å². The third-order valence-electron chi connectivity index (χ3n) is 3.02. The zero-order valence-electron chi connectivity index (χ0n) is 10.9. The van der Waals surface area contributed by atoms with Crippen LogP contribution >= 0.6 is 11.6 Å². The third-order valence-corrected chi connectivity index (χ3v) is 3.33. The molecule has 20 heavy (non-hydrogen) atoms. The summed E-state index contributed by atoms with van der Waals surface area (Å²) < 4.78 is 0. The molecule has 0 amide bonds. The van der Waals surface area contributed by atoms with Gasteiger partial charge in [-0.15, -0.1) is 0 Å². The van der Waals surface area contributed by atoms with Crippen molar-refractivity contribution < 1.29 is 15.0 Å². The van der Waals surface area contributed by atoms with Crippen molar-refractivity contribution in [3.63, 3.8) is 0 Å². The number of nitrogens with one attached hydrogen (secondary N) is 1. The maximum atomic E-state index is 11.0. The first-order chi connectivity index (χ1) is 9.49. The Kier molecular flexibility index (Phi) is 4.15. The van der Waals surface area contributed by atoms with Crippen LogP contribution in [0.1, 0.15) is 21.5 Å². The van der Waals surface area contributed by atoms with Crippen molar-refractivity contribution in [2.75, 3.05) is 5.32 Å². The molecule has 2 rings (SSSR count). The van der Waals surface area contributed by atoms with E-state index in [0.717, 1.165) is 5.56 Å². The summed E-state index contributed by atoms with van der Waals surface area (Å²) >= 11 is 5.84. The average molecular weight is 292 g/mol. The molecule has 104 valence electrons. The Morgan fingerprint density at radius 2 is 2.05 bits per heavy atom. The highest BCUT2D eigenvalue weighted by molar-refractivity contribution is 6.32. The predicted octanol–water partition coefficient (Wildman–Crippen LogP) is 3.66. The zero-order valence-corrected chi connectivity index (χ0v) is 11.6. The van der Waals surface area contributed by atoms with Crippen molar-refractivity contribution in [3.8, 4) is 5.75 Å². The number of anilines is 1. The number of carboxylic acid groups (broad SMARTS) is 1. The van der Waals surface area contributed by atoms with E-state index in [9.17, 15) is 9.90 Å². The zero-order chi connectivity index (χ0) is 14.7. The van der Waals surface area contributed by atoms with E-state index < -0.39 is 5.97 Å². The number of hydrogen-bond acceptors (Lipinski definition) is 3. The van der Waals surface area contributed by atoms with Gasteiger partial charge in [0, 0.05) is 17.8 Å². The molecule has 0 saturated carbocycles. The summed E-state index contributed by atoms with van der Waals surface area (Å²) in [5.41, 5.74) is 2.51. The molecule has 0 saturated heterocycles. The highest BCUT2D eigenvalue weighted by atomic mass is 35.5. The van der Waals surface area contributed by atoms with Gasteiger partial charge in [0.15, 0.2) is 0 Å². The number of halogens is 1. The molecule has 3 N–H and O–H groups in total. The van der Waals surface area contributed by atoms with Crippen molar-refractivity contribution in [1.29, 1.82) is 0 Å². The van der Waals surface area contributed by atoms with E-state index in [0.29, 0.717) is 22.8 Å². The molecule has 0 radical (unpaired) electrons. The first-order valence-electron chi connectivity index (χ1n) is 6.03. The lowest BCUT2D eigenvalue weighted by atomic mass is 10.1. The predicted molar refractivity (Wildman–Crippen MR) is 78.6 cm³/mol. The molecule has 5 heteroatoms. The summed E-state index contributed by atoms with van der Waals surface area (Å²) in [6.07, 6.45) is 0. The highest BCUT2D eigenvalue weighted by Gasteiger charge is 2.08. The van der Waals surface area contributed by atoms with E-state index in [-0.39, 0.29) is 11.3 Å². The minimum atomic E-state index is -0.973. The number of carboxylic acids is 1. The van der Waals surface area contributed by atoms with Crippen LogP contribution < -0.4 is 5.32 Å². The Labute approximate surface area is 121 Å². The van der Waals surface area contributed by atoms with Gasteiger partial charge in [-0.3, -0.25) is 0 Å². The number of aromatic carboxylic acids is 1. The minimum absolute atomic E-state index is 0.0358. The van der Waals surface area contributed by atoms with Crippen molar-refractivity contribution in [1.82, 2.24) is 0 Å². The van der Waals surface area contributed by atoms with Crippen LogP contribution in [0.5, 0.6) is 5.75 Å². The molecule has 0 bridgehead atoms. The van der Waals surface area contributed by atoms with Crippen molar-refractivity contribution >= 4 is 23.3 Å². The molecule has 2 aromatic rings. The highest BCUT2D eigenvalue weighted by Crippen LogP contribution is 2.28. The number of hydrogen-bond donors (Lipinski definition) is 3. The lowest BCUT2D eigenvalue weighted by molar-refractivity contribution is 0.0697. The summed E-state index contributed by atoms with van der Waals surface area (Å²) in [5, 5.41) is 22.2. The summed E-state index contributed by atoms with van der Waals surface area (Å²) in [6.45, 7) is 2.24. The second-order valence-electron chi connectivity index (χ2n) is 4.44. The Bertz CT molecular complexity index is 656. The second-order valence-corrected chi connectivity index (χ2v) is 4.84. The normalized spacial score (nSPS) is 10.3. The molecular formula is C15H14ClNO3. The molecule has 0 aliphatic heterocycles. The molecule has 0 aliphatic rings. The number of phenols is 1. The molecule has 0 unspecified atom stereocenters. The van der Waals surface area contributed by atoms with Crippen LogP contribution in [0.3, 0.4) is 0 Å². The lowest BCUT2D eigenvalue weighted by Crippen LogP contribution is -2.04. The summed E-state index contributed by atoms with van der Waals surface area (Å²) in [4.78, 5) is 11.0. The molecular weight excluding hydrogens is 278 g/mol. The average Bonchev–Trinajstić information content (AvgIpc) is 2.41. The van der Waals surface area contributed by atoms with Gasteiger partial charge in [-0.1, -0.05) is 29.8 Å². The maximum Gasteiger partial charge on any atom is 0.335 e. The smallest absolute Gasteiger partial charge is 0.335 e. The van der Waals surface area contributed by atoms with Crippen LogP contribution in [-0.4, -0.2) is 16.2 Å². The molecule has 4 nitrogen and oxygen atoms in total. The number of rotatable bonds is 4. The maximum absolute atomic E-state index is 11.0. The van der Waals surface area contributed by atoms with Gasteiger partial charge in [-0.05, 0) is 30.7 Å². The topological polar surface area (TPSA) is 69.6 Å². The van der Waals surface area contributed by atoms with Crippen LogP contribution in [0.2, 0.25) is 5.02 Å². The Morgan fingerprint density at radius 1 is 1.30 bits per heavy atom. The van der Waals surface area contributed by atoms with Gasteiger partial charge in [-0.25, -0.2) is 4.79 Å². The number of aromatic hydroxyl groups is 1. The van der Waals surface area contributed by atoms with Crippen LogP contribution in [0.4, 0.5) is 5.69 Å². The van der Waals surface area contributed by atoms with E-state index in [1.165, 1.54) is 0 Å². The van der Waals surface area contributed by atoms with Crippen LogP contribution in [-0.2, 0) is 6.54 Å². The molecule has 0 aliphatic carbocycles. The van der Waals surface area contributed by atoms with Gasteiger partial charge in [-0.2, -0.15) is 0 Å². The molecule has 0 atom stereocenters. The number of para-hydroxylation sites is 1. The Hall–Kier alpha value is -2.20. The molecule has 0 spiro atoms. The monoisotopic (exact) mass is 291 g/mol. The van der Waals surface area contributed by atoms with E-state index in [1.807, 2.05) is 6.92 Å². The first-order valence-corrected chi connectivity index (χ1v) is 6.41. The second kappa shape index (κ2) is 5.84. The van der Waals surface area contributed by atoms with Gasteiger partial charge in [0.2, 0.25) is 0 Å². The van der Waals surface area contributed by atoms with Gasteiger partial charge in [0.1, 0.15) is 5.75 Å². The minimum Gasteiger partial charge on any atom is -0.506 e. The summed E-state index contributed by atoms with van der Waals surface area (Å²) in [7, 11) is 0. The van der Waals surface area contributed by atoms with Gasteiger partial charge < -0.3 is 15.5 Å². The summed E-state index contributed by atoms with van der Waals surface area (Å²) in [6, 6.07) is 9.98. The first kappa shape index (κ1) is 14.2. The van der Waals surface area contributed by atoms with E-state index in [4.69, 9.17) is 16.7 Å². The van der Waals surface area contributed by atoms with Gasteiger partial charge >= 0.3 is 5.97 Å². The lowest BCUT2D eigenvalue weighted by Gasteiger charge is -2.12. The fourth-order valence-electron chi connectivity index (χ4n) is 1.84. The van der Waals surface area contributed by atoms with Gasteiger partial charge in [0.05, 0.1) is 10.6 Å². The van der Waals surface area contributed by atoms with Crippen LogP contribution in [0.15, 0.2) is 36.4 Å². The molecule has 0 heterocycles. The van der Waals surface area contributed by atoms with E-state index >= 15 is 0 Å². The van der Waals surface area contributed by atoms with E-state index in [2.05, 4.69) is 5.32 Å². The fraction of sp³-hybridized carbons (Fsp3) is 0.133. The fourth-order valence-corrected chi connectivity index (χ4v) is 2.03. The quantitative estimate of drug-likeness (QED) is 0.804. The van der Waals surface area contributed by atoms with Crippen molar-refractivity contribution in [2.45, 2.75) is 13.5 Å². The number of benzene rings is 2. The van der Waals surface area contributed by atoms with Crippen LogP contribution in [0.25, 0.3) is 0 Å². The Balaban J connectivity index is 2.20.